The third kappa shape index (κ3) is 4.11. The summed E-state index contributed by atoms with van der Waals surface area (Å²) in [4.78, 5) is 22.4. The summed E-state index contributed by atoms with van der Waals surface area (Å²) >= 11 is 0. The van der Waals surface area contributed by atoms with Crippen LogP contribution < -0.4 is 14.9 Å². The molecule has 0 aliphatic carbocycles. The van der Waals surface area contributed by atoms with Crippen LogP contribution in [0.1, 0.15) is 21.5 Å². The summed E-state index contributed by atoms with van der Waals surface area (Å²) in [5.74, 6) is 0.564. The highest BCUT2D eigenvalue weighted by molar-refractivity contribution is 5.95. The number of amides is 1. The standard InChI is InChI=1S/C17H17N3O5/c1-11-9-12(7-8-14(11)20(22)23)17(21)19-18-10-13-5-4-6-15(24-2)16(13)25-3/h4-10H,1-3H3,(H,19,21)/b18-10+. The van der Waals surface area contributed by atoms with E-state index in [1.54, 1.807) is 25.1 Å². The minimum Gasteiger partial charge on any atom is -0.493 e. The Morgan fingerprint density at radius 1 is 1.24 bits per heavy atom. The van der Waals surface area contributed by atoms with Gasteiger partial charge in [0.25, 0.3) is 11.6 Å². The molecule has 2 rings (SSSR count). The van der Waals surface area contributed by atoms with Crippen LogP contribution in [0.2, 0.25) is 0 Å². The zero-order valence-corrected chi connectivity index (χ0v) is 14.0. The fourth-order valence-corrected chi connectivity index (χ4v) is 2.24. The molecule has 0 heterocycles. The molecular weight excluding hydrogens is 326 g/mol. The number of nitrogens with one attached hydrogen (secondary N) is 1. The molecule has 0 bridgehead atoms. The number of ether oxygens (including phenoxy) is 2. The zero-order chi connectivity index (χ0) is 18.4. The van der Waals surface area contributed by atoms with Crippen molar-refractivity contribution in [2.24, 2.45) is 5.10 Å². The number of benzene rings is 2. The fraction of sp³-hybridized carbons (Fsp3) is 0.176. The molecule has 0 aliphatic rings. The van der Waals surface area contributed by atoms with Crippen molar-refractivity contribution in [3.05, 3.63) is 63.2 Å². The van der Waals surface area contributed by atoms with Crippen molar-refractivity contribution in [1.82, 2.24) is 5.43 Å². The van der Waals surface area contributed by atoms with E-state index >= 15 is 0 Å². The van der Waals surface area contributed by atoms with Gasteiger partial charge in [-0.1, -0.05) is 6.07 Å². The van der Waals surface area contributed by atoms with Crippen molar-refractivity contribution in [2.45, 2.75) is 6.92 Å². The number of para-hydroxylation sites is 1. The number of nitrogens with zero attached hydrogens (tertiary/aromatic N) is 2. The summed E-state index contributed by atoms with van der Waals surface area (Å²) in [5, 5.41) is 14.7. The molecule has 0 saturated carbocycles. The number of rotatable bonds is 6. The predicted octanol–water partition coefficient (Wildman–Crippen LogP) is 2.68. The Labute approximate surface area is 144 Å². The summed E-state index contributed by atoms with van der Waals surface area (Å²) in [6.45, 7) is 1.57. The van der Waals surface area contributed by atoms with Crippen molar-refractivity contribution in [3.63, 3.8) is 0 Å². The van der Waals surface area contributed by atoms with Crippen LogP contribution in [0.3, 0.4) is 0 Å². The van der Waals surface area contributed by atoms with E-state index in [2.05, 4.69) is 10.5 Å². The van der Waals surface area contributed by atoms with Crippen molar-refractivity contribution in [3.8, 4) is 11.5 Å². The average molecular weight is 343 g/mol. The van der Waals surface area contributed by atoms with Crippen molar-refractivity contribution >= 4 is 17.8 Å². The average Bonchev–Trinajstić information content (AvgIpc) is 2.60. The Hall–Kier alpha value is -3.42. The number of hydrogen-bond donors (Lipinski definition) is 1. The number of nitro benzene ring substituents is 1. The first kappa shape index (κ1) is 17.9. The second-order valence-electron chi connectivity index (χ2n) is 5.04. The second-order valence-corrected chi connectivity index (χ2v) is 5.04. The Bertz CT molecular complexity index is 833. The summed E-state index contributed by atoms with van der Waals surface area (Å²) < 4.78 is 10.5. The van der Waals surface area contributed by atoms with E-state index in [9.17, 15) is 14.9 Å². The van der Waals surface area contributed by atoms with Crippen molar-refractivity contribution in [2.75, 3.05) is 14.2 Å². The van der Waals surface area contributed by atoms with Crippen LogP contribution >= 0.6 is 0 Å². The molecule has 25 heavy (non-hydrogen) atoms. The lowest BCUT2D eigenvalue weighted by molar-refractivity contribution is -0.385. The van der Waals surface area contributed by atoms with Gasteiger partial charge in [-0.25, -0.2) is 5.43 Å². The Balaban J connectivity index is 2.14. The molecule has 130 valence electrons. The van der Waals surface area contributed by atoms with E-state index in [4.69, 9.17) is 9.47 Å². The first-order valence-corrected chi connectivity index (χ1v) is 7.27. The van der Waals surface area contributed by atoms with Crippen LogP contribution in [0.25, 0.3) is 0 Å². The van der Waals surface area contributed by atoms with Crippen LogP contribution in [0.4, 0.5) is 5.69 Å². The van der Waals surface area contributed by atoms with Gasteiger partial charge in [0, 0.05) is 22.8 Å². The van der Waals surface area contributed by atoms with Crippen molar-refractivity contribution in [1.29, 1.82) is 0 Å². The van der Waals surface area contributed by atoms with Gasteiger partial charge in [0.2, 0.25) is 0 Å². The molecule has 0 radical (unpaired) electrons. The maximum atomic E-state index is 12.1. The van der Waals surface area contributed by atoms with Gasteiger partial charge in [-0.05, 0) is 31.2 Å². The highest BCUT2D eigenvalue weighted by atomic mass is 16.6. The maximum Gasteiger partial charge on any atom is 0.272 e. The predicted molar refractivity (Wildman–Crippen MR) is 92.4 cm³/mol. The van der Waals surface area contributed by atoms with Gasteiger partial charge in [0.1, 0.15) is 0 Å². The molecule has 0 aliphatic heterocycles. The molecule has 8 heteroatoms. The second kappa shape index (κ2) is 7.91. The smallest absolute Gasteiger partial charge is 0.272 e. The molecule has 0 spiro atoms. The molecule has 0 fully saturated rings. The van der Waals surface area contributed by atoms with Crippen LogP contribution in [-0.2, 0) is 0 Å². The quantitative estimate of drug-likeness (QED) is 0.493. The molecule has 0 atom stereocenters. The van der Waals surface area contributed by atoms with Crippen LogP contribution in [0.15, 0.2) is 41.5 Å². The van der Waals surface area contributed by atoms with E-state index in [1.165, 1.54) is 38.6 Å². The fourth-order valence-electron chi connectivity index (χ4n) is 2.24. The highest BCUT2D eigenvalue weighted by Crippen LogP contribution is 2.29. The largest absolute Gasteiger partial charge is 0.493 e. The zero-order valence-electron chi connectivity index (χ0n) is 14.0. The van der Waals surface area contributed by atoms with E-state index in [-0.39, 0.29) is 11.3 Å². The molecule has 0 aromatic heterocycles. The van der Waals surface area contributed by atoms with E-state index in [1.807, 2.05) is 0 Å². The van der Waals surface area contributed by atoms with Gasteiger partial charge in [0.15, 0.2) is 11.5 Å². The number of methoxy groups -OCH3 is 2. The number of hydrogen-bond acceptors (Lipinski definition) is 6. The summed E-state index contributed by atoms with van der Waals surface area (Å²) in [5.41, 5.74) is 3.64. The summed E-state index contributed by atoms with van der Waals surface area (Å²) in [6, 6.07) is 9.38. The van der Waals surface area contributed by atoms with Crippen LogP contribution in [0.5, 0.6) is 11.5 Å². The highest BCUT2D eigenvalue weighted by Gasteiger charge is 2.13. The number of aryl methyl sites for hydroxylation is 1. The third-order valence-corrected chi connectivity index (χ3v) is 3.46. The molecule has 0 unspecified atom stereocenters. The first-order valence-electron chi connectivity index (χ1n) is 7.27. The van der Waals surface area contributed by atoms with E-state index < -0.39 is 10.8 Å². The van der Waals surface area contributed by atoms with Gasteiger partial charge in [-0.2, -0.15) is 5.10 Å². The minimum atomic E-state index is -0.496. The van der Waals surface area contributed by atoms with Gasteiger partial charge in [-0.15, -0.1) is 0 Å². The van der Waals surface area contributed by atoms with Gasteiger partial charge in [0.05, 0.1) is 25.4 Å². The summed E-state index contributed by atoms with van der Waals surface area (Å²) in [6.07, 6.45) is 1.43. The normalized spacial score (nSPS) is 10.5. The summed E-state index contributed by atoms with van der Waals surface area (Å²) in [7, 11) is 3.03. The van der Waals surface area contributed by atoms with Crippen LogP contribution in [-0.4, -0.2) is 31.3 Å². The minimum absolute atomic E-state index is 0.0406. The molecule has 0 saturated heterocycles. The lowest BCUT2D eigenvalue weighted by atomic mass is 10.1. The Morgan fingerprint density at radius 2 is 2.00 bits per heavy atom. The molecule has 1 N–H and O–H groups in total. The van der Waals surface area contributed by atoms with Gasteiger partial charge in [-0.3, -0.25) is 14.9 Å². The Morgan fingerprint density at radius 3 is 2.60 bits per heavy atom. The van der Waals surface area contributed by atoms with Crippen LogP contribution in [0, 0.1) is 17.0 Å². The topological polar surface area (TPSA) is 103 Å². The molecule has 1 amide bonds. The van der Waals surface area contributed by atoms with Gasteiger partial charge < -0.3 is 9.47 Å². The molecule has 8 nitrogen and oxygen atoms in total. The SMILES string of the molecule is COc1cccc(/C=N/NC(=O)c2ccc([N+](=O)[O-])c(C)c2)c1OC. The molecule has 2 aromatic carbocycles. The molecular formula is C17H17N3O5. The number of nitro groups is 1. The lowest BCUT2D eigenvalue weighted by Gasteiger charge is -2.09. The van der Waals surface area contributed by atoms with E-state index in [0.717, 1.165) is 0 Å². The third-order valence-electron chi connectivity index (χ3n) is 3.46. The van der Waals surface area contributed by atoms with Gasteiger partial charge >= 0.3 is 0 Å². The number of carbonyl (C=O) groups excluding carboxylic acids is 1. The number of hydrazone groups is 1. The maximum absolute atomic E-state index is 12.1. The first-order chi connectivity index (χ1) is 12.0. The van der Waals surface area contributed by atoms with Crippen molar-refractivity contribution < 1.29 is 19.2 Å². The number of carbonyl (C=O) groups is 1. The monoisotopic (exact) mass is 343 g/mol. The Kier molecular flexibility index (Phi) is 5.67. The lowest BCUT2D eigenvalue weighted by Crippen LogP contribution is -2.17. The van der Waals surface area contributed by atoms with E-state index in [0.29, 0.717) is 22.6 Å². The molecule has 2 aromatic rings.